The van der Waals surface area contributed by atoms with Crippen LogP contribution in [-0.2, 0) is 5.41 Å². The van der Waals surface area contributed by atoms with Crippen molar-refractivity contribution in [2.75, 3.05) is 0 Å². The summed E-state index contributed by atoms with van der Waals surface area (Å²) in [5, 5.41) is 2.27. The molecule has 1 aliphatic carbocycles. The summed E-state index contributed by atoms with van der Waals surface area (Å²) in [4.78, 5) is 12.1. The Hall–Kier alpha value is -6.23. The molecule has 0 N–H and O–H groups in total. The maximum Gasteiger partial charge on any atom is 0.146 e. The fourth-order valence-corrected chi connectivity index (χ4v) is 9.92. The van der Waals surface area contributed by atoms with Gasteiger partial charge in [-0.25, -0.2) is 9.97 Å². The summed E-state index contributed by atoms with van der Waals surface area (Å²) >= 11 is 1.88. The molecule has 0 saturated heterocycles. The highest BCUT2D eigenvalue weighted by atomic mass is 32.2. The molecule has 0 bridgehead atoms. The maximum atomic E-state index is 4.83. The van der Waals surface area contributed by atoms with E-state index in [4.69, 9.17) is 9.97 Å². The number of benzene rings is 6. The number of nitrogens with zero attached hydrogens (tertiary/aromatic N) is 3. The first-order chi connectivity index (χ1) is 25.3. The van der Waals surface area contributed by atoms with Crippen LogP contribution in [0.4, 0.5) is 0 Å². The summed E-state index contributed by atoms with van der Waals surface area (Å²) < 4.78 is 2.17. The molecule has 3 aromatic heterocycles. The first-order valence-electron chi connectivity index (χ1n) is 17.3. The summed E-state index contributed by atoms with van der Waals surface area (Å²) in [6, 6.07) is 60.3. The fraction of sp³-hybridized carbons (Fsp3) is 0.0213. The Kier molecular flexibility index (Phi) is 6.10. The van der Waals surface area contributed by atoms with Gasteiger partial charge in [-0.3, -0.25) is 4.57 Å². The van der Waals surface area contributed by atoms with Crippen LogP contribution >= 0.6 is 11.8 Å². The van der Waals surface area contributed by atoms with Gasteiger partial charge < -0.3 is 0 Å². The lowest BCUT2D eigenvalue weighted by atomic mass is 9.63. The molecule has 9 aromatic rings. The molecule has 0 unspecified atom stereocenters. The lowest BCUT2D eigenvalue weighted by Crippen LogP contribution is -2.34. The molecule has 0 radical (unpaired) electrons. The Balaban J connectivity index is 1.24. The van der Waals surface area contributed by atoms with Crippen molar-refractivity contribution in [2.24, 2.45) is 0 Å². The van der Waals surface area contributed by atoms with E-state index in [-0.39, 0.29) is 0 Å². The van der Waals surface area contributed by atoms with Gasteiger partial charge in [0, 0.05) is 33.0 Å². The Labute approximate surface area is 299 Å². The molecule has 0 saturated carbocycles. The van der Waals surface area contributed by atoms with Crippen LogP contribution in [0.5, 0.6) is 0 Å². The lowest BCUT2D eigenvalue weighted by molar-refractivity contribution is 0.708. The zero-order valence-electron chi connectivity index (χ0n) is 27.5. The van der Waals surface area contributed by atoms with Crippen LogP contribution in [0.3, 0.4) is 0 Å². The number of rotatable bonds is 2. The van der Waals surface area contributed by atoms with Gasteiger partial charge in [0.15, 0.2) is 0 Å². The van der Waals surface area contributed by atoms with E-state index >= 15 is 0 Å². The van der Waals surface area contributed by atoms with Gasteiger partial charge in [0.25, 0.3) is 0 Å². The molecule has 3 nitrogen and oxygen atoms in total. The molecule has 238 valence electrons. The molecule has 2 aliphatic rings. The predicted octanol–water partition coefficient (Wildman–Crippen LogP) is 11.7. The Morgan fingerprint density at radius 3 is 1.78 bits per heavy atom. The largest absolute Gasteiger partial charge is 0.278 e. The van der Waals surface area contributed by atoms with Gasteiger partial charge in [-0.15, -0.1) is 0 Å². The minimum atomic E-state index is -0.539. The van der Waals surface area contributed by atoms with Gasteiger partial charge >= 0.3 is 0 Å². The number of hydrogen-bond donors (Lipinski definition) is 0. The second-order valence-electron chi connectivity index (χ2n) is 13.3. The highest BCUT2D eigenvalue weighted by Crippen LogP contribution is 2.61. The average Bonchev–Trinajstić information content (AvgIpc) is 3.49. The van der Waals surface area contributed by atoms with Crippen molar-refractivity contribution in [3.8, 4) is 39.2 Å². The van der Waals surface area contributed by atoms with Gasteiger partial charge in [-0.2, -0.15) is 0 Å². The van der Waals surface area contributed by atoms with E-state index in [1.54, 1.807) is 0 Å². The maximum absolute atomic E-state index is 4.83. The Bertz CT molecular complexity index is 2810. The van der Waals surface area contributed by atoms with E-state index in [2.05, 4.69) is 144 Å². The molecule has 0 atom stereocenters. The van der Waals surface area contributed by atoms with Gasteiger partial charge in [-0.05, 0) is 110 Å². The molecule has 11 rings (SSSR count). The smallest absolute Gasteiger partial charge is 0.146 e. The van der Waals surface area contributed by atoms with Crippen LogP contribution < -0.4 is 0 Å². The number of hydrogen-bond acceptors (Lipinski definition) is 3. The summed E-state index contributed by atoms with van der Waals surface area (Å²) in [6.45, 7) is 0. The summed E-state index contributed by atoms with van der Waals surface area (Å²) in [5.74, 6) is 0.862. The molecule has 4 heterocycles. The predicted molar refractivity (Wildman–Crippen MR) is 209 cm³/mol. The summed E-state index contributed by atoms with van der Waals surface area (Å²) in [5.41, 5.74) is 14.1. The number of fused-ring (bicyclic) bond motifs is 14. The van der Waals surface area contributed by atoms with Crippen LogP contribution in [-0.4, -0.2) is 14.5 Å². The molecule has 4 heteroatoms. The minimum absolute atomic E-state index is 0.539. The first-order valence-corrected chi connectivity index (χ1v) is 18.1. The van der Waals surface area contributed by atoms with E-state index in [1.165, 1.54) is 65.4 Å². The highest BCUT2D eigenvalue weighted by Gasteiger charge is 2.48. The third kappa shape index (κ3) is 3.97. The second kappa shape index (κ2) is 10.9. The third-order valence-corrected chi connectivity index (χ3v) is 12.0. The molecule has 6 aromatic carbocycles. The number of pyridine rings is 2. The van der Waals surface area contributed by atoms with Crippen LogP contribution in [0.2, 0.25) is 0 Å². The molecule has 0 fully saturated rings. The van der Waals surface area contributed by atoms with E-state index in [9.17, 15) is 0 Å². The summed E-state index contributed by atoms with van der Waals surface area (Å²) in [6.07, 6.45) is 3.70. The van der Waals surface area contributed by atoms with Crippen molar-refractivity contribution in [1.29, 1.82) is 0 Å². The molecule has 0 amide bonds. The lowest BCUT2D eigenvalue weighted by Gasteiger charge is -2.43. The van der Waals surface area contributed by atoms with Crippen molar-refractivity contribution in [1.82, 2.24) is 14.5 Å². The molecule has 51 heavy (non-hydrogen) atoms. The van der Waals surface area contributed by atoms with Gasteiger partial charge in [0.05, 0.1) is 10.9 Å². The normalized spacial score (nSPS) is 13.6. The monoisotopic (exact) mass is 667 g/mol. The van der Waals surface area contributed by atoms with Gasteiger partial charge in [0.1, 0.15) is 11.5 Å². The summed E-state index contributed by atoms with van der Waals surface area (Å²) in [7, 11) is 0. The fourth-order valence-electron chi connectivity index (χ4n) is 8.73. The highest BCUT2D eigenvalue weighted by molar-refractivity contribution is 7.99. The molecule has 1 spiro atoms. The van der Waals surface area contributed by atoms with E-state index in [1.807, 2.05) is 48.4 Å². The minimum Gasteiger partial charge on any atom is -0.278 e. The van der Waals surface area contributed by atoms with Crippen LogP contribution in [0.1, 0.15) is 22.3 Å². The third-order valence-electron chi connectivity index (χ3n) is 10.8. The van der Waals surface area contributed by atoms with E-state index in [0.717, 1.165) is 27.8 Å². The van der Waals surface area contributed by atoms with Crippen molar-refractivity contribution in [2.45, 2.75) is 15.2 Å². The topological polar surface area (TPSA) is 30.7 Å². The van der Waals surface area contributed by atoms with Crippen molar-refractivity contribution < 1.29 is 0 Å². The zero-order chi connectivity index (χ0) is 33.5. The zero-order valence-corrected chi connectivity index (χ0v) is 28.3. The quantitative estimate of drug-likeness (QED) is 0.184. The number of aromatic nitrogens is 3. The van der Waals surface area contributed by atoms with E-state index in [0.29, 0.717) is 0 Å². The SMILES string of the molecule is c1ccc(-n2c3ccc(-c4ccc5c(c4)C4(c6ccccc6Sc6ccccc64)c4ccccc4-c4ccccc4-5)cc3c3cccnc32)nc1. The van der Waals surface area contributed by atoms with Crippen molar-refractivity contribution in [3.05, 3.63) is 198 Å². The van der Waals surface area contributed by atoms with Gasteiger partial charge in [-0.1, -0.05) is 121 Å². The van der Waals surface area contributed by atoms with Crippen LogP contribution in [0, 0.1) is 0 Å². The van der Waals surface area contributed by atoms with Crippen molar-refractivity contribution in [3.63, 3.8) is 0 Å². The standard InChI is InChI=1S/C47H29N3S/c1-2-13-33-32(12-1)34-14-3-4-16-38(34)47(39-17-5-7-19-43(39)51-44-20-8-6-18-40(44)47)41-29-31(22-24-35(33)41)30-23-25-42-37(28-30)36-15-11-27-49-46(36)50(42)45-21-9-10-26-48-45/h1-29H. The first kappa shape index (κ1) is 28.6. The van der Waals surface area contributed by atoms with Gasteiger partial charge in [0.2, 0.25) is 0 Å². The Morgan fingerprint density at radius 2 is 1.04 bits per heavy atom. The molecular weight excluding hydrogens is 639 g/mol. The molecule has 1 aliphatic heterocycles. The van der Waals surface area contributed by atoms with E-state index < -0.39 is 5.41 Å². The Morgan fingerprint density at radius 1 is 0.431 bits per heavy atom. The second-order valence-corrected chi connectivity index (χ2v) is 14.4. The van der Waals surface area contributed by atoms with Crippen LogP contribution in [0.25, 0.3) is 61.1 Å². The van der Waals surface area contributed by atoms with Crippen LogP contribution in [0.15, 0.2) is 186 Å². The van der Waals surface area contributed by atoms with Crippen molar-refractivity contribution >= 4 is 33.7 Å². The average molecular weight is 668 g/mol. The molecular formula is C47H29N3S.